The van der Waals surface area contributed by atoms with Crippen molar-refractivity contribution in [3.05, 3.63) is 0 Å². The molecule has 47 heavy (non-hydrogen) atoms. The van der Waals surface area contributed by atoms with Crippen molar-refractivity contribution in [2.75, 3.05) is 39.3 Å². The van der Waals surface area contributed by atoms with Crippen molar-refractivity contribution in [2.24, 2.45) is 0 Å². The molecule has 2 aliphatic rings. The second-order valence-electron chi connectivity index (χ2n) is 8.74. The summed E-state index contributed by atoms with van der Waals surface area (Å²) in [6, 6.07) is 0. The largest absolute Gasteiger partial charge is 2.00 e. The quantitative estimate of drug-likeness (QED) is 0.247. The third kappa shape index (κ3) is 14.9. The Labute approximate surface area is 311 Å². The van der Waals surface area contributed by atoms with Crippen LogP contribution >= 0.6 is 0 Å². The molecule has 0 unspecified atom stereocenters. The van der Waals surface area contributed by atoms with Crippen molar-refractivity contribution in [3.63, 3.8) is 0 Å². The summed E-state index contributed by atoms with van der Waals surface area (Å²) >= 11 is 0. The van der Waals surface area contributed by atoms with E-state index in [9.17, 15) is 77.6 Å². The minimum atomic E-state index is -6.03. The van der Waals surface area contributed by atoms with Crippen molar-refractivity contribution in [3.8, 4) is 0 Å². The summed E-state index contributed by atoms with van der Waals surface area (Å²) in [6.07, 6.45) is 2.71. The number of nitrogens with one attached hydrogen (secondary N) is 2. The van der Waals surface area contributed by atoms with Gasteiger partial charge in [-0.25, -0.2) is 43.1 Å². The molecule has 2 heterocycles. The van der Waals surface area contributed by atoms with E-state index in [-0.39, 0.29) is 105 Å². The van der Waals surface area contributed by atoms with E-state index >= 15 is 0 Å². The van der Waals surface area contributed by atoms with E-state index in [0.717, 1.165) is 0 Å². The van der Waals surface area contributed by atoms with Crippen LogP contribution in [0.25, 0.3) is 0 Å². The molecule has 2 N–H and O–H groups in total. The van der Waals surface area contributed by atoms with Crippen LogP contribution in [0.4, 0.5) is 43.9 Å². The number of rotatable bonds is 10. The van der Waals surface area contributed by atoms with Crippen LogP contribution in [-0.2, 0) is 40.1 Å². The molecule has 0 aromatic carbocycles. The Morgan fingerprint density at radius 3 is 0.851 bits per heavy atom. The zero-order valence-corrected chi connectivity index (χ0v) is 29.5. The molecule has 2 saturated heterocycles. The standard InChI is InChI=1S/2C8H13F5N2O4S2.4CH4.Ba/c2*9-7(10,6-14-20(16,17)8(11,12)13)21(18,19)15-4-2-1-3-5-15;;;;;/h2*14H,1-6H2;4*1H4;/q;;;;;;+2. The van der Waals surface area contributed by atoms with Crippen molar-refractivity contribution < 1.29 is 77.6 Å². The molecule has 0 bridgehead atoms. The van der Waals surface area contributed by atoms with E-state index in [1.165, 1.54) is 0 Å². The Balaban J connectivity index is -0.000000226. The molecule has 0 amide bonds. The summed E-state index contributed by atoms with van der Waals surface area (Å²) in [7, 11) is -22.5. The van der Waals surface area contributed by atoms with Crippen molar-refractivity contribution in [2.45, 2.75) is 89.8 Å². The molecule has 0 radical (unpaired) electrons. The van der Waals surface area contributed by atoms with Crippen LogP contribution in [0.5, 0.6) is 0 Å². The van der Waals surface area contributed by atoms with Gasteiger partial charge < -0.3 is 0 Å². The van der Waals surface area contributed by atoms with E-state index in [1.807, 2.05) is 0 Å². The van der Waals surface area contributed by atoms with Crippen molar-refractivity contribution in [1.29, 1.82) is 0 Å². The van der Waals surface area contributed by atoms with Gasteiger partial charge in [-0.2, -0.15) is 52.5 Å². The average Bonchev–Trinajstić information content (AvgIpc) is 2.86. The van der Waals surface area contributed by atoms with Gasteiger partial charge in [0.2, 0.25) is 0 Å². The molecule has 0 aliphatic carbocycles. The first-order valence-corrected chi connectivity index (χ1v) is 17.3. The molecule has 0 aromatic rings. The van der Waals surface area contributed by atoms with Crippen molar-refractivity contribution >= 4 is 89.0 Å². The Hall–Kier alpha value is 0.511. The maximum Gasteiger partial charge on any atom is 2.00 e. The topological polar surface area (TPSA) is 167 Å². The molecule has 2 aliphatic heterocycles. The van der Waals surface area contributed by atoms with Gasteiger partial charge >= 0.3 is 90.5 Å². The van der Waals surface area contributed by atoms with E-state index in [0.29, 0.717) is 56.6 Å². The van der Waals surface area contributed by atoms with Gasteiger partial charge in [-0.1, -0.05) is 42.5 Å². The molecule has 2 fully saturated rings. The van der Waals surface area contributed by atoms with Gasteiger partial charge in [0.1, 0.15) is 0 Å². The van der Waals surface area contributed by atoms with E-state index in [1.54, 1.807) is 0 Å². The van der Waals surface area contributed by atoms with E-state index < -0.39 is 74.7 Å². The number of piperidine rings is 2. The first kappa shape index (κ1) is 56.9. The van der Waals surface area contributed by atoms with Crippen LogP contribution in [0.15, 0.2) is 0 Å². The number of halogens is 10. The molecule has 0 saturated carbocycles. The number of alkyl halides is 10. The summed E-state index contributed by atoms with van der Waals surface area (Å²) in [4.78, 5) is 0. The Kier molecular flexibility index (Phi) is 24.8. The van der Waals surface area contributed by atoms with Crippen LogP contribution < -0.4 is 9.44 Å². The van der Waals surface area contributed by atoms with Gasteiger partial charge in [0.25, 0.3) is 20.0 Å². The summed E-state index contributed by atoms with van der Waals surface area (Å²) in [5.41, 5.74) is -11.6. The monoisotopic (exact) mass is 922 g/mol. The summed E-state index contributed by atoms with van der Waals surface area (Å²) in [6.45, 7) is -5.05. The number of nitrogens with zero attached hydrogens (tertiary/aromatic N) is 2. The van der Waals surface area contributed by atoms with Crippen LogP contribution in [0.3, 0.4) is 0 Å². The first-order chi connectivity index (χ1) is 18.6. The summed E-state index contributed by atoms with van der Waals surface area (Å²) in [5, 5.41) is -9.33. The maximum atomic E-state index is 13.6. The minimum Gasteiger partial charge on any atom is -0.206 e. The predicted octanol–water partition coefficient (Wildman–Crippen LogP) is 3.83. The first-order valence-electron chi connectivity index (χ1n) is 11.5. The Morgan fingerprint density at radius 1 is 0.447 bits per heavy atom. The number of hydrogen-bond donors (Lipinski definition) is 2. The zero-order valence-electron chi connectivity index (χ0n) is 21.8. The third-order valence-corrected chi connectivity index (χ3v) is 11.8. The summed E-state index contributed by atoms with van der Waals surface area (Å²) < 4.78 is 217. The minimum absolute atomic E-state index is 0. The summed E-state index contributed by atoms with van der Waals surface area (Å²) in [5.74, 6) is 0. The molecule has 284 valence electrons. The van der Waals surface area contributed by atoms with Gasteiger partial charge in [-0.15, -0.1) is 0 Å². The average molecular weight is 922 g/mol. The van der Waals surface area contributed by atoms with Gasteiger partial charge in [0, 0.05) is 26.2 Å². The third-order valence-electron chi connectivity index (χ3n) is 5.61. The fourth-order valence-corrected chi connectivity index (χ4v) is 7.29. The molecule has 27 heteroatoms. The number of sulfonamides is 4. The van der Waals surface area contributed by atoms with Gasteiger partial charge in [-0.05, 0) is 25.7 Å². The van der Waals surface area contributed by atoms with Crippen LogP contribution in [0.2, 0.25) is 0 Å². The van der Waals surface area contributed by atoms with Crippen LogP contribution in [-0.4, -0.2) is 152 Å². The second kappa shape index (κ2) is 20.5. The molecular weight excluding hydrogens is 880 g/mol. The fourth-order valence-electron chi connectivity index (χ4n) is 3.29. The molecule has 0 atom stereocenters. The van der Waals surface area contributed by atoms with E-state index in [4.69, 9.17) is 0 Å². The SMILES string of the molecule is C.C.C.C.O=S(=O)(NCC(F)(F)S(=O)(=O)N1CCCCC1)C(F)(F)F.O=S(=O)(NCC(F)(F)S(=O)(=O)N1CCCCC1)C(F)(F)F.[Ba+2]. The van der Waals surface area contributed by atoms with Gasteiger partial charge in [0.15, 0.2) is 0 Å². The van der Waals surface area contributed by atoms with Gasteiger partial charge in [0.05, 0.1) is 13.1 Å². The van der Waals surface area contributed by atoms with Crippen LogP contribution in [0, 0.1) is 0 Å². The predicted molar refractivity (Wildman–Crippen MR) is 157 cm³/mol. The van der Waals surface area contributed by atoms with Gasteiger partial charge in [-0.3, -0.25) is 0 Å². The molecule has 0 aromatic heterocycles. The normalized spacial score (nSPS) is 17.6. The molecule has 12 nitrogen and oxygen atoms in total. The fraction of sp³-hybridized carbons (Fsp3) is 1.00. The zero-order chi connectivity index (χ0) is 33.1. The second-order valence-corrected chi connectivity index (χ2v) is 16.4. The van der Waals surface area contributed by atoms with Crippen LogP contribution in [0.1, 0.15) is 68.2 Å². The molecular formula is C20H42BaF10N4O8S4+2. The number of hydrogen-bond acceptors (Lipinski definition) is 8. The van der Waals surface area contributed by atoms with E-state index in [2.05, 4.69) is 0 Å². The Bertz CT molecular complexity index is 1250. The van der Waals surface area contributed by atoms with Crippen molar-refractivity contribution in [1.82, 2.24) is 18.1 Å². The smallest absolute Gasteiger partial charge is 0.206 e. The molecule has 2 rings (SSSR count). The molecule has 0 spiro atoms. The maximum absolute atomic E-state index is 13.6. The Morgan fingerprint density at radius 2 is 0.660 bits per heavy atom.